The monoisotopic (exact) mass is 793 g/mol. The number of hydrogen-bond acceptors (Lipinski definition) is 3. The first-order valence-electron chi connectivity index (χ1n) is 21.4. The largest absolute Gasteiger partial charge is 0.455 e. The van der Waals surface area contributed by atoms with Crippen LogP contribution in [-0.2, 0) is 5.41 Å². The summed E-state index contributed by atoms with van der Waals surface area (Å²) in [4.78, 5) is 2.45. The van der Waals surface area contributed by atoms with Gasteiger partial charge in [0, 0.05) is 49.5 Å². The third-order valence-corrected chi connectivity index (χ3v) is 13.5. The Morgan fingerprint density at radius 2 is 0.919 bits per heavy atom. The van der Waals surface area contributed by atoms with Gasteiger partial charge < -0.3 is 13.7 Å². The molecule has 62 heavy (non-hydrogen) atoms. The van der Waals surface area contributed by atoms with Gasteiger partial charge in [-0.05, 0) is 92.0 Å². The van der Waals surface area contributed by atoms with Crippen LogP contribution in [0.3, 0.4) is 0 Å². The second-order valence-electron chi connectivity index (χ2n) is 17.2. The molecular weight excluding hydrogens is 755 g/mol. The quantitative estimate of drug-likeness (QED) is 0.163. The molecule has 0 atom stereocenters. The van der Waals surface area contributed by atoms with E-state index in [0.717, 1.165) is 88.6 Å². The van der Waals surface area contributed by atoms with Crippen LogP contribution in [0.15, 0.2) is 209 Å². The van der Waals surface area contributed by atoms with E-state index in [-0.39, 0.29) is 5.41 Å². The fourth-order valence-corrected chi connectivity index (χ4v) is 10.5. The van der Waals surface area contributed by atoms with E-state index in [1.807, 2.05) is 12.1 Å². The topological polar surface area (TPSA) is 29.5 Å². The minimum absolute atomic E-state index is 0.174. The molecule has 0 amide bonds. The maximum Gasteiger partial charge on any atom is 0.145 e. The van der Waals surface area contributed by atoms with Crippen LogP contribution in [0.4, 0.5) is 17.1 Å². The predicted molar refractivity (Wildman–Crippen MR) is 259 cm³/mol. The van der Waals surface area contributed by atoms with Crippen LogP contribution >= 0.6 is 0 Å². The number of para-hydroxylation sites is 2. The lowest BCUT2D eigenvalue weighted by atomic mass is 9.82. The van der Waals surface area contributed by atoms with Crippen LogP contribution in [0.2, 0.25) is 0 Å². The molecule has 292 valence electrons. The molecular formula is C59H39NO2. The number of anilines is 3. The van der Waals surface area contributed by atoms with Crippen molar-refractivity contribution in [1.82, 2.24) is 0 Å². The summed E-state index contributed by atoms with van der Waals surface area (Å²) in [6.07, 6.45) is 0. The van der Waals surface area contributed by atoms with Crippen LogP contribution in [0.25, 0.3) is 98.8 Å². The van der Waals surface area contributed by atoms with E-state index >= 15 is 0 Å². The molecule has 0 fully saturated rings. The Morgan fingerprint density at radius 1 is 0.355 bits per heavy atom. The van der Waals surface area contributed by atoms with Crippen molar-refractivity contribution >= 4 is 82.5 Å². The highest BCUT2D eigenvalue weighted by Gasteiger charge is 2.36. The lowest BCUT2D eigenvalue weighted by Crippen LogP contribution is -2.16. The minimum atomic E-state index is -0.174. The first-order chi connectivity index (χ1) is 30.5. The average molecular weight is 794 g/mol. The Hall–Kier alpha value is -7.88. The number of rotatable bonds is 5. The molecule has 12 aromatic rings. The molecule has 0 saturated carbocycles. The Balaban J connectivity index is 1.10. The SMILES string of the molecule is CC1(C)c2ccccc2-c2ccc(N(c3ccc(-c4cccc5c4oc4ccccc45)cc3)c3ccc(-c4ccccc4)c4oc5c6ccccc6c6ccccc6c5c34)cc21. The Kier molecular flexibility index (Phi) is 7.36. The minimum Gasteiger partial charge on any atom is -0.455 e. The van der Waals surface area contributed by atoms with Gasteiger partial charge in [0.25, 0.3) is 0 Å². The van der Waals surface area contributed by atoms with Crippen molar-refractivity contribution < 1.29 is 8.83 Å². The molecule has 2 heterocycles. The highest BCUT2D eigenvalue weighted by molar-refractivity contribution is 6.33. The van der Waals surface area contributed by atoms with Crippen LogP contribution in [0, 0.1) is 0 Å². The zero-order valence-electron chi connectivity index (χ0n) is 34.3. The second kappa shape index (κ2) is 13.1. The third kappa shape index (κ3) is 4.94. The molecule has 0 bridgehead atoms. The van der Waals surface area contributed by atoms with E-state index in [2.05, 4.69) is 207 Å². The van der Waals surface area contributed by atoms with E-state index in [1.165, 1.54) is 38.4 Å². The number of hydrogen-bond donors (Lipinski definition) is 0. The average Bonchev–Trinajstić information content (AvgIpc) is 3.99. The normalized spacial score (nSPS) is 13.1. The van der Waals surface area contributed by atoms with Crippen molar-refractivity contribution in [2.24, 2.45) is 0 Å². The van der Waals surface area contributed by atoms with Crippen molar-refractivity contribution in [2.75, 3.05) is 4.90 Å². The highest BCUT2D eigenvalue weighted by atomic mass is 16.3. The lowest BCUT2D eigenvalue weighted by molar-refractivity contribution is 0.660. The number of fused-ring (bicyclic) bond motifs is 14. The molecule has 13 rings (SSSR count). The van der Waals surface area contributed by atoms with Gasteiger partial charge >= 0.3 is 0 Å². The van der Waals surface area contributed by atoms with Crippen molar-refractivity contribution in [3.63, 3.8) is 0 Å². The zero-order chi connectivity index (χ0) is 41.1. The molecule has 2 aromatic heterocycles. The Morgan fingerprint density at radius 3 is 1.74 bits per heavy atom. The maximum absolute atomic E-state index is 7.28. The Bertz CT molecular complexity index is 3780. The lowest BCUT2D eigenvalue weighted by Gasteiger charge is -2.29. The van der Waals surface area contributed by atoms with Crippen LogP contribution < -0.4 is 4.90 Å². The predicted octanol–water partition coefficient (Wildman–Crippen LogP) is 16.9. The van der Waals surface area contributed by atoms with Gasteiger partial charge in [-0.15, -0.1) is 0 Å². The molecule has 0 N–H and O–H groups in total. The van der Waals surface area contributed by atoms with Crippen LogP contribution in [0.5, 0.6) is 0 Å². The zero-order valence-corrected chi connectivity index (χ0v) is 34.3. The summed E-state index contributed by atoms with van der Waals surface area (Å²) >= 11 is 0. The van der Waals surface area contributed by atoms with E-state index in [4.69, 9.17) is 8.83 Å². The van der Waals surface area contributed by atoms with Crippen molar-refractivity contribution in [2.45, 2.75) is 19.3 Å². The number of nitrogens with zero attached hydrogens (tertiary/aromatic N) is 1. The summed E-state index contributed by atoms with van der Waals surface area (Å²) in [6, 6.07) is 72.3. The smallest absolute Gasteiger partial charge is 0.145 e. The molecule has 0 radical (unpaired) electrons. The molecule has 1 aliphatic rings. The van der Waals surface area contributed by atoms with Gasteiger partial charge in [-0.2, -0.15) is 0 Å². The van der Waals surface area contributed by atoms with E-state index in [9.17, 15) is 0 Å². The molecule has 0 unspecified atom stereocenters. The van der Waals surface area contributed by atoms with Crippen molar-refractivity contribution in [3.8, 4) is 33.4 Å². The van der Waals surface area contributed by atoms with Crippen molar-refractivity contribution in [3.05, 3.63) is 211 Å². The molecule has 1 aliphatic carbocycles. The fraction of sp³-hybridized carbons (Fsp3) is 0.0508. The molecule has 0 aliphatic heterocycles. The van der Waals surface area contributed by atoms with Crippen LogP contribution in [-0.4, -0.2) is 0 Å². The van der Waals surface area contributed by atoms with Crippen molar-refractivity contribution in [1.29, 1.82) is 0 Å². The molecule has 3 heteroatoms. The van der Waals surface area contributed by atoms with Gasteiger partial charge in [0.1, 0.15) is 22.3 Å². The van der Waals surface area contributed by atoms with E-state index in [0.29, 0.717) is 0 Å². The van der Waals surface area contributed by atoms with Gasteiger partial charge in [-0.25, -0.2) is 0 Å². The van der Waals surface area contributed by atoms with Crippen LogP contribution in [0.1, 0.15) is 25.0 Å². The highest BCUT2D eigenvalue weighted by Crippen LogP contribution is 2.53. The van der Waals surface area contributed by atoms with Gasteiger partial charge in [-0.1, -0.05) is 172 Å². The maximum atomic E-state index is 7.28. The number of benzene rings is 10. The summed E-state index contributed by atoms with van der Waals surface area (Å²) < 4.78 is 13.8. The first-order valence-corrected chi connectivity index (χ1v) is 21.4. The summed E-state index contributed by atoms with van der Waals surface area (Å²) in [7, 11) is 0. The summed E-state index contributed by atoms with van der Waals surface area (Å²) in [5, 5.41) is 9.13. The summed E-state index contributed by atoms with van der Waals surface area (Å²) in [5.74, 6) is 0. The second-order valence-corrected chi connectivity index (χ2v) is 17.2. The number of furan rings is 2. The molecule has 0 saturated heterocycles. The summed E-state index contributed by atoms with van der Waals surface area (Å²) in [5.41, 5.74) is 16.2. The van der Waals surface area contributed by atoms with Gasteiger partial charge in [0.05, 0.1) is 11.1 Å². The van der Waals surface area contributed by atoms with E-state index < -0.39 is 0 Å². The molecule has 0 spiro atoms. The third-order valence-electron chi connectivity index (χ3n) is 13.5. The molecule has 10 aromatic carbocycles. The standard InChI is InChI=1S/C59H39NO2/c1-59(2)50-25-12-10-19-44(50)45-32-31-39(35-51(45)59)60(38-29-27-37(28-30-38)40-23-14-24-49-46-20-11-13-26-53(46)61-56(40)49)52-34-33-41(36-15-4-3-5-16-36)57-55(52)54-47-21-8-6-17-42(47)43-18-7-9-22-48(43)58(54)62-57/h3-35H,1-2H3. The van der Waals surface area contributed by atoms with Gasteiger partial charge in [0.15, 0.2) is 0 Å². The van der Waals surface area contributed by atoms with Gasteiger partial charge in [-0.3, -0.25) is 0 Å². The summed E-state index contributed by atoms with van der Waals surface area (Å²) in [6.45, 7) is 4.71. The molecule has 3 nitrogen and oxygen atoms in total. The van der Waals surface area contributed by atoms with Gasteiger partial charge in [0.2, 0.25) is 0 Å². The van der Waals surface area contributed by atoms with E-state index in [1.54, 1.807) is 0 Å². The Labute approximate surface area is 358 Å². The fourth-order valence-electron chi connectivity index (χ4n) is 10.5. The first kappa shape index (κ1) is 34.9.